The van der Waals surface area contributed by atoms with E-state index in [-0.39, 0.29) is 6.10 Å². The first-order valence-corrected chi connectivity index (χ1v) is 6.87. The van der Waals surface area contributed by atoms with Gasteiger partial charge in [-0.1, -0.05) is 43.2 Å². The first kappa shape index (κ1) is 13.7. The molecular weight excluding hydrogens is 236 g/mol. The van der Waals surface area contributed by atoms with E-state index < -0.39 is 0 Å². The number of rotatable bonds is 4. The van der Waals surface area contributed by atoms with Gasteiger partial charge in [0.05, 0.1) is 6.61 Å². The van der Waals surface area contributed by atoms with Gasteiger partial charge in [-0.15, -0.1) is 5.92 Å². The van der Waals surface area contributed by atoms with Crippen molar-refractivity contribution in [1.29, 1.82) is 0 Å². The molecule has 1 unspecified atom stereocenters. The normalized spacial score (nSPS) is 15.7. The third-order valence-electron chi connectivity index (χ3n) is 2.95. The highest BCUT2D eigenvalue weighted by Gasteiger charge is 2.20. The molecule has 0 amide bonds. The molecular formula is C17H20O2. The summed E-state index contributed by atoms with van der Waals surface area (Å²) in [5.41, 5.74) is 1.12. The lowest BCUT2D eigenvalue weighted by atomic mass is 10.1. The second kappa shape index (κ2) is 7.66. The Hall–Kier alpha value is -1.72. The van der Waals surface area contributed by atoms with Gasteiger partial charge in [0.25, 0.3) is 0 Å². The summed E-state index contributed by atoms with van der Waals surface area (Å²) in [6.07, 6.45) is 5.00. The van der Waals surface area contributed by atoms with Crippen LogP contribution >= 0.6 is 0 Å². The van der Waals surface area contributed by atoms with Crippen LogP contribution < -0.4 is 0 Å². The van der Waals surface area contributed by atoms with Crippen molar-refractivity contribution in [3.63, 3.8) is 0 Å². The summed E-state index contributed by atoms with van der Waals surface area (Å²) >= 11 is 0. The molecule has 0 fully saturated rings. The molecule has 1 aliphatic rings. The largest absolute Gasteiger partial charge is 0.495 e. The van der Waals surface area contributed by atoms with Crippen molar-refractivity contribution >= 4 is 0 Å². The van der Waals surface area contributed by atoms with E-state index in [9.17, 15) is 0 Å². The van der Waals surface area contributed by atoms with Crippen LogP contribution in [0.15, 0.2) is 42.2 Å². The molecule has 1 aromatic rings. The van der Waals surface area contributed by atoms with Crippen LogP contribution in [0, 0.1) is 11.8 Å². The van der Waals surface area contributed by atoms with Gasteiger partial charge in [0, 0.05) is 6.42 Å². The predicted octanol–water partition coefficient (Wildman–Crippen LogP) is 3.85. The Labute approximate surface area is 115 Å². The maximum Gasteiger partial charge on any atom is 0.140 e. The maximum atomic E-state index is 5.90. The smallest absolute Gasteiger partial charge is 0.140 e. The highest BCUT2D eigenvalue weighted by molar-refractivity contribution is 5.24. The summed E-state index contributed by atoms with van der Waals surface area (Å²) in [4.78, 5) is 0. The van der Waals surface area contributed by atoms with Crippen molar-refractivity contribution < 1.29 is 9.47 Å². The topological polar surface area (TPSA) is 18.5 Å². The van der Waals surface area contributed by atoms with Crippen LogP contribution in [0.5, 0.6) is 0 Å². The molecule has 2 nitrogen and oxygen atoms in total. The minimum absolute atomic E-state index is 0.132. The summed E-state index contributed by atoms with van der Waals surface area (Å²) in [5.74, 6) is 6.97. The van der Waals surface area contributed by atoms with E-state index in [2.05, 4.69) is 30.0 Å². The summed E-state index contributed by atoms with van der Waals surface area (Å²) in [7, 11) is 0. The number of hydrogen-bond donors (Lipinski definition) is 0. The first-order valence-electron chi connectivity index (χ1n) is 6.87. The van der Waals surface area contributed by atoms with Crippen LogP contribution in [0.4, 0.5) is 0 Å². The van der Waals surface area contributed by atoms with E-state index in [1.165, 1.54) is 0 Å². The molecule has 0 bridgehead atoms. The molecule has 1 heterocycles. The van der Waals surface area contributed by atoms with Crippen molar-refractivity contribution in [3.05, 3.63) is 47.7 Å². The molecule has 0 spiro atoms. The highest BCUT2D eigenvalue weighted by atomic mass is 16.5. The van der Waals surface area contributed by atoms with Crippen LogP contribution in [0.1, 0.15) is 37.9 Å². The molecule has 0 saturated heterocycles. The average molecular weight is 256 g/mol. The van der Waals surface area contributed by atoms with Crippen molar-refractivity contribution in [2.75, 3.05) is 13.2 Å². The summed E-state index contributed by atoms with van der Waals surface area (Å²) in [5, 5.41) is 0. The SMILES string of the molecule is CCC#CCOC(C1=CCCCO1)c1ccccc1. The van der Waals surface area contributed by atoms with Crippen LogP contribution in [-0.2, 0) is 9.47 Å². The van der Waals surface area contributed by atoms with Gasteiger partial charge in [0.2, 0.25) is 0 Å². The Morgan fingerprint density at radius 1 is 1.26 bits per heavy atom. The van der Waals surface area contributed by atoms with Crippen molar-refractivity contribution in [2.45, 2.75) is 32.3 Å². The first-order chi connectivity index (χ1) is 9.42. The average Bonchev–Trinajstić information content (AvgIpc) is 2.49. The quantitative estimate of drug-likeness (QED) is 0.762. The zero-order valence-electron chi connectivity index (χ0n) is 11.4. The standard InChI is InChI=1S/C17H20O2/c1-2-3-8-14-19-17(15-10-5-4-6-11-15)16-12-7-9-13-18-16/h4-6,10-12,17H,2,7,9,13-14H2,1H3. The molecule has 1 aromatic carbocycles. The Balaban J connectivity index is 2.11. The number of allylic oxidation sites excluding steroid dienone is 1. The second-order valence-electron chi connectivity index (χ2n) is 4.41. The molecule has 0 saturated carbocycles. The lowest BCUT2D eigenvalue weighted by Crippen LogP contribution is -2.13. The fourth-order valence-corrected chi connectivity index (χ4v) is 2.03. The maximum absolute atomic E-state index is 5.90. The van der Waals surface area contributed by atoms with Gasteiger partial charge in [-0.3, -0.25) is 0 Å². The molecule has 2 rings (SSSR count). The minimum atomic E-state index is -0.132. The molecule has 100 valence electrons. The van der Waals surface area contributed by atoms with Gasteiger partial charge < -0.3 is 9.47 Å². The van der Waals surface area contributed by atoms with E-state index >= 15 is 0 Å². The van der Waals surface area contributed by atoms with E-state index in [0.29, 0.717) is 6.61 Å². The van der Waals surface area contributed by atoms with Crippen LogP contribution in [-0.4, -0.2) is 13.2 Å². The van der Waals surface area contributed by atoms with Gasteiger partial charge >= 0.3 is 0 Å². The van der Waals surface area contributed by atoms with E-state index in [1.54, 1.807) is 0 Å². The zero-order chi connectivity index (χ0) is 13.3. The van der Waals surface area contributed by atoms with Crippen molar-refractivity contribution in [2.24, 2.45) is 0 Å². The van der Waals surface area contributed by atoms with Crippen molar-refractivity contribution in [3.8, 4) is 11.8 Å². The summed E-state index contributed by atoms with van der Waals surface area (Å²) in [6.45, 7) is 3.25. The third-order valence-corrected chi connectivity index (χ3v) is 2.95. The summed E-state index contributed by atoms with van der Waals surface area (Å²) in [6, 6.07) is 10.2. The van der Waals surface area contributed by atoms with Crippen LogP contribution in [0.2, 0.25) is 0 Å². The monoisotopic (exact) mass is 256 g/mol. The molecule has 1 aliphatic heterocycles. The number of benzene rings is 1. The lowest BCUT2D eigenvalue weighted by Gasteiger charge is -2.23. The molecule has 0 aliphatic carbocycles. The fraction of sp³-hybridized carbons (Fsp3) is 0.412. The van der Waals surface area contributed by atoms with E-state index in [1.807, 2.05) is 25.1 Å². The molecule has 0 radical (unpaired) electrons. The van der Waals surface area contributed by atoms with Crippen molar-refractivity contribution in [1.82, 2.24) is 0 Å². The Kier molecular flexibility index (Phi) is 5.52. The second-order valence-corrected chi connectivity index (χ2v) is 4.41. The van der Waals surface area contributed by atoms with Crippen LogP contribution in [0.3, 0.4) is 0 Å². The van der Waals surface area contributed by atoms with Crippen LogP contribution in [0.25, 0.3) is 0 Å². The van der Waals surface area contributed by atoms with Gasteiger partial charge in [0.1, 0.15) is 18.5 Å². The zero-order valence-corrected chi connectivity index (χ0v) is 11.4. The molecule has 0 aromatic heterocycles. The fourth-order valence-electron chi connectivity index (χ4n) is 2.03. The van der Waals surface area contributed by atoms with Gasteiger partial charge in [-0.2, -0.15) is 0 Å². The summed E-state index contributed by atoms with van der Waals surface area (Å²) < 4.78 is 11.6. The predicted molar refractivity (Wildman–Crippen MR) is 76.5 cm³/mol. The minimum Gasteiger partial charge on any atom is -0.495 e. The Morgan fingerprint density at radius 3 is 2.79 bits per heavy atom. The highest BCUT2D eigenvalue weighted by Crippen LogP contribution is 2.29. The van der Waals surface area contributed by atoms with E-state index in [0.717, 1.165) is 37.2 Å². The molecule has 1 atom stereocenters. The van der Waals surface area contributed by atoms with Gasteiger partial charge in [-0.05, 0) is 24.5 Å². The number of ether oxygens (including phenoxy) is 2. The molecule has 19 heavy (non-hydrogen) atoms. The molecule has 2 heteroatoms. The lowest BCUT2D eigenvalue weighted by molar-refractivity contribution is 0.0399. The third kappa shape index (κ3) is 4.15. The number of hydrogen-bond acceptors (Lipinski definition) is 2. The van der Waals surface area contributed by atoms with Gasteiger partial charge in [0.15, 0.2) is 0 Å². The van der Waals surface area contributed by atoms with E-state index in [4.69, 9.17) is 9.47 Å². The Bertz CT molecular complexity index is 465. The molecule has 0 N–H and O–H groups in total. The Morgan fingerprint density at radius 2 is 2.11 bits per heavy atom. The van der Waals surface area contributed by atoms with Gasteiger partial charge in [-0.25, -0.2) is 0 Å².